The number of ether oxygens (including phenoxy) is 2. The SMILES string of the molecule is C#C.C=CO/C(=C/C)Cc1cccc(O/C=C\C)c1C. The van der Waals surface area contributed by atoms with E-state index in [2.05, 4.69) is 32.4 Å². The van der Waals surface area contributed by atoms with Crippen LogP contribution < -0.4 is 4.74 Å². The van der Waals surface area contributed by atoms with Crippen LogP contribution in [0.1, 0.15) is 25.0 Å². The standard InChI is InChI=1S/C16H20O2.C2H2/c1-5-11-18-16-10-8-9-14(13(16)4)12-15(6-2)17-7-3;1-2/h5-11H,3,12H2,1-2,4H3;1-2H/b11-5-,15-6+;. The molecule has 1 rings (SSSR count). The molecule has 20 heavy (non-hydrogen) atoms. The Hall–Kier alpha value is -2.40. The summed E-state index contributed by atoms with van der Waals surface area (Å²) in [6, 6.07) is 6.03. The van der Waals surface area contributed by atoms with Gasteiger partial charge in [0.15, 0.2) is 0 Å². The van der Waals surface area contributed by atoms with Crippen molar-refractivity contribution in [3.05, 3.63) is 66.3 Å². The maximum Gasteiger partial charge on any atom is 0.129 e. The molecule has 0 N–H and O–H groups in total. The fourth-order valence-corrected chi connectivity index (χ4v) is 1.63. The zero-order chi connectivity index (χ0) is 15.4. The van der Waals surface area contributed by atoms with Gasteiger partial charge >= 0.3 is 0 Å². The minimum Gasteiger partial charge on any atom is -0.470 e. The summed E-state index contributed by atoms with van der Waals surface area (Å²) in [5.41, 5.74) is 2.31. The summed E-state index contributed by atoms with van der Waals surface area (Å²) in [5, 5.41) is 0. The van der Waals surface area contributed by atoms with E-state index in [0.717, 1.165) is 23.5 Å². The lowest BCUT2D eigenvalue weighted by Gasteiger charge is -2.11. The molecule has 0 radical (unpaired) electrons. The molecule has 2 nitrogen and oxygen atoms in total. The van der Waals surface area contributed by atoms with E-state index in [-0.39, 0.29) is 0 Å². The molecule has 106 valence electrons. The quantitative estimate of drug-likeness (QED) is 0.548. The maximum absolute atomic E-state index is 5.54. The molecule has 0 aromatic heterocycles. The van der Waals surface area contributed by atoms with Gasteiger partial charge in [-0.25, -0.2) is 0 Å². The molecule has 1 aromatic carbocycles. The molecule has 0 saturated carbocycles. The van der Waals surface area contributed by atoms with E-state index in [4.69, 9.17) is 9.47 Å². The third-order valence-corrected chi connectivity index (χ3v) is 2.65. The molecule has 0 spiro atoms. The smallest absolute Gasteiger partial charge is 0.129 e. The van der Waals surface area contributed by atoms with Gasteiger partial charge in [0.1, 0.15) is 11.5 Å². The molecule has 0 amide bonds. The highest BCUT2D eigenvalue weighted by molar-refractivity contribution is 5.41. The van der Waals surface area contributed by atoms with Crippen molar-refractivity contribution in [3.8, 4) is 18.6 Å². The molecule has 0 aliphatic carbocycles. The number of benzene rings is 1. The molecule has 1 aromatic rings. The van der Waals surface area contributed by atoms with Crippen LogP contribution in [-0.2, 0) is 11.2 Å². The van der Waals surface area contributed by atoms with E-state index in [0.29, 0.717) is 0 Å². The van der Waals surface area contributed by atoms with E-state index in [1.54, 1.807) is 6.26 Å². The summed E-state index contributed by atoms with van der Waals surface area (Å²) in [6.45, 7) is 9.50. The molecule has 0 fully saturated rings. The molecule has 0 aliphatic heterocycles. The lowest BCUT2D eigenvalue weighted by atomic mass is 10.0. The summed E-state index contributed by atoms with van der Waals surface area (Å²) in [5.74, 6) is 1.76. The van der Waals surface area contributed by atoms with Gasteiger partial charge in [0.2, 0.25) is 0 Å². The fourth-order valence-electron chi connectivity index (χ4n) is 1.63. The van der Waals surface area contributed by atoms with Gasteiger partial charge in [-0.05, 0) is 44.0 Å². The Bertz CT molecular complexity index is 493. The largest absolute Gasteiger partial charge is 0.470 e. The number of allylic oxidation sites excluding steroid dienone is 3. The monoisotopic (exact) mass is 270 g/mol. The number of hydrogen-bond donors (Lipinski definition) is 0. The number of hydrogen-bond acceptors (Lipinski definition) is 2. The molecule has 0 atom stereocenters. The first kappa shape index (κ1) is 17.6. The van der Waals surface area contributed by atoms with Crippen molar-refractivity contribution in [3.63, 3.8) is 0 Å². The van der Waals surface area contributed by atoms with Crippen molar-refractivity contribution in [1.82, 2.24) is 0 Å². The Balaban J connectivity index is 0.00000172. The Morgan fingerprint density at radius 1 is 1.30 bits per heavy atom. The summed E-state index contributed by atoms with van der Waals surface area (Å²) in [6.07, 6.45) is 15.7. The zero-order valence-corrected chi connectivity index (χ0v) is 12.4. The second-order valence-corrected chi connectivity index (χ2v) is 3.84. The van der Waals surface area contributed by atoms with Gasteiger partial charge in [-0.1, -0.05) is 24.8 Å². The summed E-state index contributed by atoms with van der Waals surface area (Å²) < 4.78 is 10.9. The van der Waals surface area contributed by atoms with Crippen LogP contribution in [-0.4, -0.2) is 0 Å². The van der Waals surface area contributed by atoms with Crippen LogP contribution in [0.4, 0.5) is 0 Å². The second-order valence-electron chi connectivity index (χ2n) is 3.84. The third kappa shape index (κ3) is 5.49. The summed E-state index contributed by atoms with van der Waals surface area (Å²) in [4.78, 5) is 0. The van der Waals surface area contributed by atoms with Gasteiger partial charge < -0.3 is 9.47 Å². The van der Waals surface area contributed by atoms with Crippen LogP contribution in [0, 0.1) is 19.8 Å². The number of rotatable bonds is 6. The topological polar surface area (TPSA) is 18.5 Å². The molecule has 2 heteroatoms. The lowest BCUT2D eigenvalue weighted by Crippen LogP contribution is -1.97. The highest BCUT2D eigenvalue weighted by Gasteiger charge is 2.06. The van der Waals surface area contributed by atoms with E-state index < -0.39 is 0 Å². The Morgan fingerprint density at radius 3 is 2.55 bits per heavy atom. The average molecular weight is 270 g/mol. The van der Waals surface area contributed by atoms with E-state index in [9.17, 15) is 0 Å². The van der Waals surface area contributed by atoms with E-state index in [1.165, 1.54) is 11.8 Å². The molecule has 0 unspecified atom stereocenters. The zero-order valence-electron chi connectivity index (χ0n) is 12.4. The highest BCUT2D eigenvalue weighted by atomic mass is 16.5. The predicted molar refractivity (Wildman–Crippen MR) is 85.3 cm³/mol. The molecule has 0 heterocycles. The molecule has 0 bridgehead atoms. The maximum atomic E-state index is 5.54. The lowest BCUT2D eigenvalue weighted by molar-refractivity contribution is 0.341. The van der Waals surface area contributed by atoms with Crippen molar-refractivity contribution in [2.75, 3.05) is 0 Å². The Kier molecular flexibility index (Phi) is 9.25. The molecule has 0 saturated heterocycles. The van der Waals surface area contributed by atoms with Crippen molar-refractivity contribution in [1.29, 1.82) is 0 Å². The van der Waals surface area contributed by atoms with Gasteiger partial charge in [-0.15, -0.1) is 12.8 Å². The van der Waals surface area contributed by atoms with Crippen LogP contribution in [0.3, 0.4) is 0 Å². The Labute approximate surface area is 122 Å². The van der Waals surface area contributed by atoms with Gasteiger partial charge in [0.25, 0.3) is 0 Å². The minimum absolute atomic E-state index is 0.737. The molecule has 0 aliphatic rings. The van der Waals surface area contributed by atoms with E-state index >= 15 is 0 Å². The minimum atomic E-state index is 0.737. The second kappa shape index (κ2) is 10.5. The average Bonchev–Trinajstić information content (AvgIpc) is 2.49. The van der Waals surface area contributed by atoms with Gasteiger partial charge in [-0.2, -0.15) is 0 Å². The normalized spacial score (nSPS) is 10.6. The highest BCUT2D eigenvalue weighted by Crippen LogP contribution is 2.24. The van der Waals surface area contributed by atoms with Crippen LogP contribution in [0.2, 0.25) is 0 Å². The van der Waals surface area contributed by atoms with Crippen molar-refractivity contribution < 1.29 is 9.47 Å². The first-order valence-electron chi connectivity index (χ1n) is 6.35. The Morgan fingerprint density at radius 2 is 2.00 bits per heavy atom. The van der Waals surface area contributed by atoms with Gasteiger partial charge in [-0.3, -0.25) is 0 Å². The van der Waals surface area contributed by atoms with Crippen LogP contribution >= 0.6 is 0 Å². The van der Waals surface area contributed by atoms with Crippen LogP contribution in [0.15, 0.2) is 55.2 Å². The van der Waals surface area contributed by atoms with Gasteiger partial charge in [0, 0.05) is 6.42 Å². The summed E-state index contributed by atoms with van der Waals surface area (Å²) >= 11 is 0. The van der Waals surface area contributed by atoms with Crippen LogP contribution in [0.5, 0.6) is 5.75 Å². The molecular formula is C18H22O2. The van der Waals surface area contributed by atoms with Crippen LogP contribution in [0.25, 0.3) is 0 Å². The first-order valence-corrected chi connectivity index (χ1v) is 6.35. The number of terminal acetylenes is 1. The van der Waals surface area contributed by atoms with E-state index in [1.807, 2.05) is 38.1 Å². The fraction of sp³-hybridized carbons (Fsp3) is 0.222. The molecular weight excluding hydrogens is 248 g/mol. The van der Waals surface area contributed by atoms with Crippen molar-refractivity contribution >= 4 is 0 Å². The third-order valence-electron chi connectivity index (χ3n) is 2.65. The summed E-state index contributed by atoms with van der Waals surface area (Å²) in [7, 11) is 0. The predicted octanol–water partition coefficient (Wildman–Crippen LogP) is 4.76. The van der Waals surface area contributed by atoms with Crippen molar-refractivity contribution in [2.45, 2.75) is 27.2 Å². The van der Waals surface area contributed by atoms with Crippen molar-refractivity contribution in [2.24, 2.45) is 0 Å². The van der Waals surface area contributed by atoms with Gasteiger partial charge in [0.05, 0.1) is 12.5 Å². The first-order chi connectivity index (χ1) is 9.72.